The van der Waals surface area contributed by atoms with Gasteiger partial charge in [-0.2, -0.15) is 0 Å². The predicted molar refractivity (Wildman–Crippen MR) is 95.9 cm³/mol. The number of thiazole rings is 1. The standard InChI is InChI=1S/C17H21ClN2O3S/c1-22-8-9-23-11-16(21)20-6-4-12(5-7-20)17-19-14-10-13(18)2-3-15(14)24-17/h2-3,10,12H,4-9,11H2,1H3. The van der Waals surface area contributed by atoms with Gasteiger partial charge < -0.3 is 14.4 Å². The van der Waals surface area contributed by atoms with Crippen LogP contribution in [0.3, 0.4) is 0 Å². The van der Waals surface area contributed by atoms with Crippen LogP contribution in [0.4, 0.5) is 0 Å². The maximum Gasteiger partial charge on any atom is 0.248 e. The van der Waals surface area contributed by atoms with Crippen LogP contribution in [0.5, 0.6) is 0 Å². The second-order valence-corrected chi connectivity index (χ2v) is 7.36. The van der Waals surface area contributed by atoms with Gasteiger partial charge in [0.2, 0.25) is 5.91 Å². The summed E-state index contributed by atoms with van der Waals surface area (Å²) in [4.78, 5) is 18.7. The number of ether oxygens (including phenoxy) is 2. The minimum atomic E-state index is 0.0561. The molecule has 1 fully saturated rings. The van der Waals surface area contributed by atoms with Crippen LogP contribution in [-0.4, -0.2) is 55.8 Å². The van der Waals surface area contributed by atoms with Crippen LogP contribution >= 0.6 is 22.9 Å². The van der Waals surface area contributed by atoms with Crippen molar-refractivity contribution in [3.63, 3.8) is 0 Å². The second kappa shape index (κ2) is 8.25. The largest absolute Gasteiger partial charge is 0.382 e. The number of carbonyl (C=O) groups excluding carboxylic acids is 1. The zero-order valence-corrected chi connectivity index (χ0v) is 15.2. The van der Waals surface area contributed by atoms with Gasteiger partial charge in [0.15, 0.2) is 0 Å². The van der Waals surface area contributed by atoms with Crippen molar-refractivity contribution in [2.45, 2.75) is 18.8 Å². The van der Waals surface area contributed by atoms with E-state index in [1.165, 1.54) is 4.70 Å². The number of benzene rings is 1. The zero-order chi connectivity index (χ0) is 16.9. The second-order valence-electron chi connectivity index (χ2n) is 5.86. The van der Waals surface area contributed by atoms with Gasteiger partial charge in [-0.3, -0.25) is 4.79 Å². The molecule has 0 unspecified atom stereocenters. The average Bonchev–Trinajstić information content (AvgIpc) is 3.02. The van der Waals surface area contributed by atoms with E-state index in [1.807, 2.05) is 23.1 Å². The van der Waals surface area contributed by atoms with Crippen LogP contribution in [0.1, 0.15) is 23.8 Å². The molecule has 130 valence electrons. The number of fused-ring (bicyclic) bond motifs is 1. The highest BCUT2D eigenvalue weighted by molar-refractivity contribution is 7.18. The molecule has 0 spiro atoms. The Kier molecular flexibility index (Phi) is 6.05. The number of rotatable bonds is 6. The first-order valence-electron chi connectivity index (χ1n) is 8.08. The number of aromatic nitrogens is 1. The van der Waals surface area contributed by atoms with E-state index >= 15 is 0 Å². The number of methoxy groups -OCH3 is 1. The van der Waals surface area contributed by atoms with Crippen molar-refractivity contribution < 1.29 is 14.3 Å². The fourth-order valence-electron chi connectivity index (χ4n) is 2.86. The minimum absolute atomic E-state index is 0.0561. The third-order valence-corrected chi connectivity index (χ3v) is 5.65. The summed E-state index contributed by atoms with van der Waals surface area (Å²) in [6.07, 6.45) is 1.88. The molecule has 1 aliphatic rings. The number of piperidine rings is 1. The van der Waals surface area contributed by atoms with Crippen LogP contribution in [0, 0.1) is 0 Å². The summed E-state index contributed by atoms with van der Waals surface area (Å²) in [5.74, 6) is 0.472. The number of halogens is 1. The van der Waals surface area contributed by atoms with E-state index in [9.17, 15) is 4.79 Å². The van der Waals surface area contributed by atoms with Crippen LogP contribution in [0.25, 0.3) is 10.2 Å². The molecular formula is C17H21ClN2O3S. The molecule has 7 heteroatoms. The van der Waals surface area contributed by atoms with Gasteiger partial charge in [0.1, 0.15) is 6.61 Å². The summed E-state index contributed by atoms with van der Waals surface area (Å²) in [6, 6.07) is 5.83. The van der Waals surface area contributed by atoms with E-state index in [2.05, 4.69) is 0 Å². The summed E-state index contributed by atoms with van der Waals surface area (Å²) < 4.78 is 11.4. The first kappa shape index (κ1) is 17.6. The zero-order valence-electron chi connectivity index (χ0n) is 13.7. The van der Waals surface area contributed by atoms with Crippen LogP contribution < -0.4 is 0 Å². The van der Waals surface area contributed by atoms with E-state index in [4.69, 9.17) is 26.1 Å². The topological polar surface area (TPSA) is 51.7 Å². The summed E-state index contributed by atoms with van der Waals surface area (Å²) in [5.41, 5.74) is 0.965. The molecule has 24 heavy (non-hydrogen) atoms. The quantitative estimate of drug-likeness (QED) is 0.734. The lowest BCUT2D eigenvalue weighted by Gasteiger charge is -2.31. The lowest BCUT2D eigenvalue weighted by Crippen LogP contribution is -2.40. The molecule has 0 saturated carbocycles. The van der Waals surface area contributed by atoms with Crippen molar-refractivity contribution in [1.82, 2.24) is 9.88 Å². The maximum atomic E-state index is 12.1. The Bertz CT molecular complexity index is 698. The van der Waals surface area contributed by atoms with Gasteiger partial charge in [0.05, 0.1) is 28.4 Å². The lowest BCUT2D eigenvalue weighted by molar-refractivity contribution is -0.137. The molecule has 2 heterocycles. The van der Waals surface area contributed by atoms with E-state index in [0.29, 0.717) is 24.2 Å². The van der Waals surface area contributed by atoms with Gasteiger partial charge in [-0.25, -0.2) is 4.98 Å². The van der Waals surface area contributed by atoms with Crippen molar-refractivity contribution in [1.29, 1.82) is 0 Å². The number of hydrogen-bond donors (Lipinski definition) is 0. The summed E-state index contributed by atoms with van der Waals surface area (Å²) in [7, 11) is 1.62. The highest BCUT2D eigenvalue weighted by Crippen LogP contribution is 2.34. The first-order valence-corrected chi connectivity index (χ1v) is 9.27. The Morgan fingerprint density at radius 3 is 2.92 bits per heavy atom. The molecule has 3 rings (SSSR count). The molecule has 5 nitrogen and oxygen atoms in total. The third-order valence-electron chi connectivity index (χ3n) is 4.22. The lowest BCUT2D eigenvalue weighted by atomic mass is 9.97. The average molecular weight is 369 g/mol. The molecule has 0 atom stereocenters. The Morgan fingerprint density at radius 2 is 2.17 bits per heavy atom. The van der Waals surface area contributed by atoms with Gasteiger partial charge in [-0.15, -0.1) is 11.3 Å². The van der Waals surface area contributed by atoms with Gasteiger partial charge in [0.25, 0.3) is 0 Å². The molecule has 1 aromatic heterocycles. The molecule has 1 aliphatic heterocycles. The molecule has 0 aliphatic carbocycles. The molecule has 0 radical (unpaired) electrons. The smallest absolute Gasteiger partial charge is 0.248 e. The van der Waals surface area contributed by atoms with Crippen molar-refractivity contribution in [2.75, 3.05) is 40.0 Å². The monoisotopic (exact) mass is 368 g/mol. The van der Waals surface area contributed by atoms with E-state index in [-0.39, 0.29) is 12.5 Å². The highest BCUT2D eigenvalue weighted by Gasteiger charge is 2.25. The van der Waals surface area contributed by atoms with Gasteiger partial charge in [-0.05, 0) is 31.0 Å². The van der Waals surface area contributed by atoms with E-state index in [0.717, 1.165) is 36.5 Å². The number of carbonyl (C=O) groups is 1. The van der Waals surface area contributed by atoms with Crippen molar-refractivity contribution >= 4 is 39.1 Å². The first-order chi connectivity index (χ1) is 11.7. The molecule has 1 saturated heterocycles. The van der Waals surface area contributed by atoms with Gasteiger partial charge in [0, 0.05) is 31.1 Å². The van der Waals surface area contributed by atoms with E-state index in [1.54, 1.807) is 18.4 Å². The Hall–Kier alpha value is -1.21. The molecule has 0 N–H and O–H groups in total. The Labute approximate surface area is 150 Å². The van der Waals surface area contributed by atoms with Crippen LogP contribution in [0.2, 0.25) is 5.02 Å². The SMILES string of the molecule is COCCOCC(=O)N1CCC(c2nc3cc(Cl)ccc3s2)CC1. The fourth-order valence-corrected chi connectivity index (χ4v) is 4.15. The van der Waals surface area contributed by atoms with E-state index < -0.39 is 0 Å². The van der Waals surface area contributed by atoms with Crippen molar-refractivity contribution in [3.8, 4) is 0 Å². The van der Waals surface area contributed by atoms with Gasteiger partial charge >= 0.3 is 0 Å². The number of hydrogen-bond acceptors (Lipinski definition) is 5. The fraction of sp³-hybridized carbons (Fsp3) is 0.529. The van der Waals surface area contributed by atoms with Gasteiger partial charge in [-0.1, -0.05) is 11.6 Å². The Morgan fingerprint density at radius 1 is 1.38 bits per heavy atom. The van der Waals surface area contributed by atoms with Crippen molar-refractivity contribution in [3.05, 3.63) is 28.2 Å². The predicted octanol–water partition coefficient (Wildman–Crippen LogP) is 3.32. The molecule has 1 aromatic carbocycles. The molecule has 0 bridgehead atoms. The number of nitrogens with zero attached hydrogens (tertiary/aromatic N) is 2. The minimum Gasteiger partial charge on any atom is -0.382 e. The molecule has 2 aromatic rings. The highest BCUT2D eigenvalue weighted by atomic mass is 35.5. The van der Waals surface area contributed by atoms with Crippen molar-refractivity contribution in [2.24, 2.45) is 0 Å². The van der Waals surface area contributed by atoms with Crippen LogP contribution in [0.15, 0.2) is 18.2 Å². The molecular weight excluding hydrogens is 348 g/mol. The number of likely N-dealkylation sites (tertiary alicyclic amines) is 1. The normalized spacial score (nSPS) is 16.0. The Balaban J connectivity index is 1.53. The summed E-state index contributed by atoms with van der Waals surface area (Å²) in [6.45, 7) is 2.61. The summed E-state index contributed by atoms with van der Waals surface area (Å²) in [5, 5.41) is 1.86. The molecule has 1 amide bonds. The third kappa shape index (κ3) is 4.25. The number of amides is 1. The maximum absolute atomic E-state index is 12.1. The summed E-state index contributed by atoms with van der Waals surface area (Å²) >= 11 is 7.76. The van der Waals surface area contributed by atoms with Crippen LogP contribution in [-0.2, 0) is 14.3 Å².